The molecule has 0 unspecified atom stereocenters. The van der Waals surface area contributed by atoms with Crippen molar-refractivity contribution in [3.63, 3.8) is 0 Å². The second-order valence-electron chi connectivity index (χ2n) is 6.45. The second-order valence-corrected chi connectivity index (χ2v) is 8.80. The first-order valence-corrected chi connectivity index (χ1v) is 11.0. The van der Waals surface area contributed by atoms with E-state index in [1.54, 1.807) is 13.8 Å². The summed E-state index contributed by atoms with van der Waals surface area (Å²) in [5, 5.41) is 2.56. The third-order valence-electron chi connectivity index (χ3n) is 4.35. The molecule has 2 aromatic rings. The van der Waals surface area contributed by atoms with E-state index >= 15 is 0 Å². The van der Waals surface area contributed by atoms with Gasteiger partial charge in [0.05, 0.1) is 22.0 Å². The monoisotopic (exact) mass is 455 g/mol. The van der Waals surface area contributed by atoms with Crippen LogP contribution in [-0.2, 0) is 14.8 Å². The number of benzene rings is 2. The average Bonchev–Trinajstić information content (AvgIpc) is 2.68. The molecule has 2 rings (SSSR count). The molecule has 0 aliphatic heterocycles. The quantitative estimate of drug-likeness (QED) is 0.662. The lowest BCUT2D eigenvalue weighted by Gasteiger charge is -2.20. The van der Waals surface area contributed by atoms with E-state index in [0.29, 0.717) is 0 Å². The van der Waals surface area contributed by atoms with Gasteiger partial charge in [-0.1, -0.05) is 31.5 Å². The van der Waals surface area contributed by atoms with Crippen LogP contribution < -0.4 is 5.32 Å². The highest BCUT2D eigenvalue weighted by molar-refractivity contribution is 7.89. The zero-order valence-corrected chi connectivity index (χ0v) is 18.4. The zero-order valence-electron chi connectivity index (χ0n) is 16.9. The van der Waals surface area contributed by atoms with Gasteiger partial charge in [0.25, 0.3) is 5.91 Å². The van der Waals surface area contributed by atoms with Gasteiger partial charge in [-0.15, -0.1) is 0 Å². The van der Waals surface area contributed by atoms with Gasteiger partial charge in [0, 0.05) is 25.8 Å². The van der Waals surface area contributed by atoms with Gasteiger partial charge in [-0.05, 0) is 36.4 Å². The fraction of sp³-hybridized carbons (Fsp3) is 0.300. The van der Waals surface area contributed by atoms with Crippen molar-refractivity contribution in [3.05, 3.63) is 58.9 Å². The van der Waals surface area contributed by atoms with Crippen LogP contribution in [0.1, 0.15) is 24.2 Å². The predicted molar refractivity (Wildman–Crippen MR) is 114 cm³/mol. The van der Waals surface area contributed by atoms with Gasteiger partial charge in [0.15, 0.2) is 0 Å². The standard InChI is InChI=1S/C20H23ClFN3O4S/c1-4-25(5-2)30(28,29)16-9-10-18(21)17(12-16)20(27)24(3)13-19(26)23-15-8-6-7-14(22)11-15/h6-12H,4-5,13H2,1-3H3,(H,23,26). The minimum absolute atomic E-state index is 0.0362. The molecule has 2 amide bonds. The van der Waals surface area contributed by atoms with Crippen LogP contribution in [0.15, 0.2) is 47.4 Å². The van der Waals surface area contributed by atoms with Crippen molar-refractivity contribution >= 4 is 39.1 Å². The van der Waals surface area contributed by atoms with Gasteiger partial charge in [-0.25, -0.2) is 12.8 Å². The van der Waals surface area contributed by atoms with Crippen molar-refractivity contribution < 1.29 is 22.4 Å². The number of nitrogens with zero attached hydrogens (tertiary/aromatic N) is 2. The van der Waals surface area contributed by atoms with Gasteiger partial charge in [0.1, 0.15) is 5.82 Å². The lowest BCUT2D eigenvalue weighted by molar-refractivity contribution is -0.116. The van der Waals surface area contributed by atoms with Crippen LogP contribution in [0.4, 0.5) is 10.1 Å². The number of hydrogen-bond donors (Lipinski definition) is 1. The van der Waals surface area contributed by atoms with Crippen LogP contribution in [0.2, 0.25) is 5.02 Å². The van der Waals surface area contributed by atoms with Gasteiger partial charge < -0.3 is 10.2 Å². The number of likely N-dealkylation sites (N-methyl/N-ethyl adjacent to an activating group) is 1. The summed E-state index contributed by atoms with van der Waals surface area (Å²) in [6.45, 7) is 3.66. The van der Waals surface area contributed by atoms with Crippen molar-refractivity contribution in [2.75, 3.05) is 32.0 Å². The zero-order chi connectivity index (χ0) is 22.5. The van der Waals surface area contributed by atoms with E-state index in [1.165, 1.54) is 47.8 Å². The maximum Gasteiger partial charge on any atom is 0.255 e. The third kappa shape index (κ3) is 5.56. The number of halogens is 2. The highest BCUT2D eigenvalue weighted by atomic mass is 35.5. The van der Waals surface area contributed by atoms with E-state index < -0.39 is 27.7 Å². The summed E-state index contributed by atoms with van der Waals surface area (Å²) in [6.07, 6.45) is 0. The second kappa shape index (κ2) is 10.0. The van der Waals surface area contributed by atoms with Crippen LogP contribution in [0.25, 0.3) is 0 Å². The first-order valence-electron chi connectivity index (χ1n) is 9.20. The summed E-state index contributed by atoms with van der Waals surface area (Å²) in [7, 11) is -2.39. The van der Waals surface area contributed by atoms with E-state index in [2.05, 4.69) is 5.32 Å². The molecule has 2 aromatic carbocycles. The molecule has 0 atom stereocenters. The number of amides is 2. The molecule has 0 aliphatic rings. The Morgan fingerprint density at radius 2 is 1.77 bits per heavy atom. The van der Waals surface area contributed by atoms with Gasteiger partial charge >= 0.3 is 0 Å². The SMILES string of the molecule is CCN(CC)S(=O)(=O)c1ccc(Cl)c(C(=O)N(C)CC(=O)Nc2cccc(F)c2)c1. The van der Waals surface area contributed by atoms with Crippen LogP contribution in [-0.4, -0.2) is 56.1 Å². The third-order valence-corrected chi connectivity index (χ3v) is 6.72. The number of hydrogen-bond acceptors (Lipinski definition) is 4. The Hall–Kier alpha value is -2.49. The number of carbonyl (C=O) groups is 2. The first kappa shape index (κ1) is 23.8. The average molecular weight is 456 g/mol. The van der Waals surface area contributed by atoms with Gasteiger partial charge in [-0.2, -0.15) is 4.31 Å². The largest absolute Gasteiger partial charge is 0.332 e. The van der Waals surface area contributed by atoms with Crippen molar-refractivity contribution in [2.45, 2.75) is 18.7 Å². The van der Waals surface area contributed by atoms with Crippen LogP contribution in [0.3, 0.4) is 0 Å². The van der Waals surface area contributed by atoms with Crippen LogP contribution in [0.5, 0.6) is 0 Å². The van der Waals surface area contributed by atoms with Crippen LogP contribution in [0, 0.1) is 5.82 Å². The highest BCUT2D eigenvalue weighted by Gasteiger charge is 2.25. The molecule has 0 saturated heterocycles. The van der Waals surface area contributed by atoms with Crippen molar-refractivity contribution in [2.24, 2.45) is 0 Å². The highest BCUT2D eigenvalue weighted by Crippen LogP contribution is 2.24. The van der Waals surface area contributed by atoms with E-state index in [1.807, 2.05) is 0 Å². The number of carbonyl (C=O) groups excluding carboxylic acids is 2. The predicted octanol–water partition coefficient (Wildman–Crippen LogP) is 3.22. The molecular formula is C20H23ClFN3O4S. The molecule has 0 heterocycles. The molecule has 0 radical (unpaired) electrons. The van der Waals surface area contributed by atoms with E-state index in [-0.39, 0.29) is 40.8 Å². The molecule has 0 aliphatic carbocycles. The molecular weight excluding hydrogens is 433 g/mol. The Labute approximate surface area is 180 Å². The van der Waals surface area contributed by atoms with E-state index in [0.717, 1.165) is 11.0 Å². The normalized spacial score (nSPS) is 11.4. The van der Waals surface area contributed by atoms with Crippen LogP contribution >= 0.6 is 11.6 Å². The molecule has 0 fully saturated rings. The summed E-state index contributed by atoms with van der Waals surface area (Å²) in [5.41, 5.74) is 0.220. The number of nitrogens with one attached hydrogen (secondary N) is 1. The molecule has 10 heteroatoms. The lowest BCUT2D eigenvalue weighted by atomic mass is 10.2. The number of anilines is 1. The lowest BCUT2D eigenvalue weighted by Crippen LogP contribution is -2.35. The molecule has 0 aromatic heterocycles. The number of rotatable bonds is 8. The molecule has 0 spiro atoms. The van der Waals surface area contributed by atoms with Crippen molar-refractivity contribution in [3.8, 4) is 0 Å². The maximum absolute atomic E-state index is 13.2. The molecule has 1 N–H and O–H groups in total. The molecule has 0 saturated carbocycles. The number of sulfonamides is 1. The summed E-state index contributed by atoms with van der Waals surface area (Å²) in [5.74, 6) is -1.67. The molecule has 0 bridgehead atoms. The molecule has 162 valence electrons. The summed E-state index contributed by atoms with van der Waals surface area (Å²) in [4.78, 5) is 26.0. The first-order chi connectivity index (χ1) is 14.1. The van der Waals surface area contributed by atoms with Crippen molar-refractivity contribution in [1.29, 1.82) is 0 Å². The smallest absolute Gasteiger partial charge is 0.255 e. The fourth-order valence-electron chi connectivity index (χ4n) is 2.80. The molecule has 7 nitrogen and oxygen atoms in total. The Morgan fingerprint density at radius 3 is 2.37 bits per heavy atom. The Bertz CT molecular complexity index is 1040. The topological polar surface area (TPSA) is 86.8 Å². The van der Waals surface area contributed by atoms with E-state index in [4.69, 9.17) is 11.6 Å². The van der Waals surface area contributed by atoms with Gasteiger partial charge in [0.2, 0.25) is 15.9 Å². The summed E-state index contributed by atoms with van der Waals surface area (Å²) >= 11 is 6.12. The molecule has 30 heavy (non-hydrogen) atoms. The van der Waals surface area contributed by atoms with Gasteiger partial charge in [-0.3, -0.25) is 9.59 Å². The fourth-order valence-corrected chi connectivity index (χ4v) is 4.48. The van der Waals surface area contributed by atoms with Crippen molar-refractivity contribution in [1.82, 2.24) is 9.21 Å². The Kier molecular flexibility index (Phi) is 7.94. The Balaban J connectivity index is 2.20. The van der Waals surface area contributed by atoms with E-state index in [9.17, 15) is 22.4 Å². The summed E-state index contributed by atoms with van der Waals surface area (Å²) in [6, 6.07) is 9.24. The maximum atomic E-state index is 13.2. The Morgan fingerprint density at radius 1 is 1.10 bits per heavy atom. The minimum Gasteiger partial charge on any atom is -0.332 e. The summed E-state index contributed by atoms with van der Waals surface area (Å²) < 4.78 is 39.9. The minimum atomic E-state index is -3.78.